The zero-order chi connectivity index (χ0) is 12.4. The molecular formula is C13H18N4. The molecule has 2 heterocycles. The molecule has 0 aromatic carbocycles. The Morgan fingerprint density at radius 1 is 1.41 bits per heavy atom. The lowest BCUT2D eigenvalue weighted by Crippen LogP contribution is -2.34. The molecule has 2 atom stereocenters. The van der Waals surface area contributed by atoms with E-state index in [4.69, 9.17) is 5.26 Å². The van der Waals surface area contributed by atoms with Crippen molar-refractivity contribution in [2.24, 2.45) is 5.92 Å². The fourth-order valence-electron chi connectivity index (χ4n) is 2.47. The molecule has 1 aromatic heterocycles. The number of rotatable bonds is 2. The van der Waals surface area contributed by atoms with Gasteiger partial charge in [-0.25, -0.2) is 4.98 Å². The standard InChI is InChI=1S/C13H18N4/c1-10-8-17(9-13(10)16(2)3)12-5-4-11(6-14)15-7-12/h4-5,7,10,13H,8-9H2,1-3H3. The van der Waals surface area contributed by atoms with Gasteiger partial charge in [0, 0.05) is 19.1 Å². The van der Waals surface area contributed by atoms with E-state index < -0.39 is 0 Å². The normalized spacial score (nSPS) is 24.1. The Morgan fingerprint density at radius 3 is 2.65 bits per heavy atom. The molecule has 90 valence electrons. The quantitative estimate of drug-likeness (QED) is 0.769. The van der Waals surface area contributed by atoms with Crippen LogP contribution in [0.3, 0.4) is 0 Å². The maximum absolute atomic E-state index is 8.72. The van der Waals surface area contributed by atoms with E-state index in [0.717, 1.165) is 18.8 Å². The van der Waals surface area contributed by atoms with Gasteiger partial charge in [-0.1, -0.05) is 6.92 Å². The van der Waals surface area contributed by atoms with Crippen LogP contribution in [-0.2, 0) is 0 Å². The minimum Gasteiger partial charge on any atom is -0.368 e. The Balaban J connectivity index is 2.12. The Morgan fingerprint density at radius 2 is 2.18 bits per heavy atom. The van der Waals surface area contributed by atoms with Crippen LogP contribution >= 0.6 is 0 Å². The number of nitrogens with zero attached hydrogens (tertiary/aromatic N) is 4. The molecule has 0 radical (unpaired) electrons. The van der Waals surface area contributed by atoms with Gasteiger partial charge in [-0.15, -0.1) is 0 Å². The molecule has 0 N–H and O–H groups in total. The molecule has 1 aliphatic rings. The van der Waals surface area contributed by atoms with Crippen molar-refractivity contribution in [2.75, 3.05) is 32.1 Å². The molecule has 17 heavy (non-hydrogen) atoms. The molecule has 0 bridgehead atoms. The minimum absolute atomic E-state index is 0.477. The molecule has 4 heteroatoms. The lowest BCUT2D eigenvalue weighted by Gasteiger charge is -2.22. The van der Waals surface area contributed by atoms with Crippen molar-refractivity contribution >= 4 is 5.69 Å². The molecule has 0 spiro atoms. The fraction of sp³-hybridized carbons (Fsp3) is 0.538. The second-order valence-corrected chi connectivity index (χ2v) is 4.93. The highest BCUT2D eigenvalue weighted by molar-refractivity contribution is 5.47. The number of pyridine rings is 1. The number of hydrogen-bond donors (Lipinski definition) is 0. The highest BCUT2D eigenvalue weighted by atomic mass is 15.2. The Bertz CT molecular complexity index is 418. The highest BCUT2D eigenvalue weighted by Gasteiger charge is 2.31. The Kier molecular flexibility index (Phi) is 3.30. The molecule has 1 aliphatic heterocycles. The van der Waals surface area contributed by atoms with E-state index in [0.29, 0.717) is 17.7 Å². The highest BCUT2D eigenvalue weighted by Crippen LogP contribution is 2.25. The number of anilines is 1. The van der Waals surface area contributed by atoms with E-state index in [1.807, 2.05) is 12.1 Å². The van der Waals surface area contributed by atoms with Crippen molar-refractivity contribution in [3.8, 4) is 6.07 Å². The van der Waals surface area contributed by atoms with Crippen LogP contribution in [0.4, 0.5) is 5.69 Å². The van der Waals surface area contributed by atoms with Crippen LogP contribution in [0, 0.1) is 17.2 Å². The number of nitriles is 1. The van der Waals surface area contributed by atoms with Gasteiger partial charge in [-0.3, -0.25) is 0 Å². The summed E-state index contributed by atoms with van der Waals surface area (Å²) in [7, 11) is 4.25. The van der Waals surface area contributed by atoms with E-state index in [1.54, 1.807) is 12.3 Å². The second kappa shape index (κ2) is 4.72. The number of hydrogen-bond acceptors (Lipinski definition) is 4. The van der Waals surface area contributed by atoms with Crippen molar-refractivity contribution in [2.45, 2.75) is 13.0 Å². The van der Waals surface area contributed by atoms with Crippen molar-refractivity contribution in [3.05, 3.63) is 24.0 Å². The predicted molar refractivity (Wildman–Crippen MR) is 67.8 cm³/mol. The Labute approximate surface area is 102 Å². The van der Waals surface area contributed by atoms with Crippen molar-refractivity contribution in [1.82, 2.24) is 9.88 Å². The summed E-state index contributed by atoms with van der Waals surface area (Å²) in [5.74, 6) is 0.653. The largest absolute Gasteiger partial charge is 0.368 e. The van der Waals surface area contributed by atoms with Crippen LogP contribution in [0.2, 0.25) is 0 Å². The van der Waals surface area contributed by atoms with Crippen LogP contribution in [0.5, 0.6) is 0 Å². The van der Waals surface area contributed by atoms with E-state index >= 15 is 0 Å². The molecule has 2 rings (SSSR count). The average molecular weight is 230 g/mol. The number of likely N-dealkylation sites (N-methyl/N-ethyl adjacent to an activating group) is 1. The van der Waals surface area contributed by atoms with Crippen LogP contribution < -0.4 is 4.90 Å². The summed E-state index contributed by atoms with van der Waals surface area (Å²) in [6, 6.07) is 6.39. The van der Waals surface area contributed by atoms with Gasteiger partial charge in [0.1, 0.15) is 11.8 Å². The van der Waals surface area contributed by atoms with Crippen molar-refractivity contribution < 1.29 is 0 Å². The van der Waals surface area contributed by atoms with Crippen LogP contribution in [0.25, 0.3) is 0 Å². The third-order valence-corrected chi connectivity index (χ3v) is 3.46. The molecule has 1 fully saturated rings. The fourth-order valence-corrected chi connectivity index (χ4v) is 2.47. The first-order valence-electron chi connectivity index (χ1n) is 5.89. The van der Waals surface area contributed by atoms with E-state index in [2.05, 4.69) is 35.8 Å². The second-order valence-electron chi connectivity index (χ2n) is 4.93. The summed E-state index contributed by atoms with van der Waals surface area (Å²) in [6.45, 7) is 4.36. The first-order valence-corrected chi connectivity index (χ1v) is 5.89. The third-order valence-electron chi connectivity index (χ3n) is 3.46. The van der Waals surface area contributed by atoms with E-state index in [-0.39, 0.29) is 0 Å². The smallest absolute Gasteiger partial charge is 0.140 e. The SMILES string of the molecule is CC1CN(c2ccc(C#N)nc2)CC1N(C)C. The molecule has 4 nitrogen and oxygen atoms in total. The third kappa shape index (κ3) is 2.40. The van der Waals surface area contributed by atoms with Gasteiger partial charge in [0.2, 0.25) is 0 Å². The first kappa shape index (κ1) is 11.9. The predicted octanol–water partition coefficient (Wildman–Crippen LogP) is 1.34. The zero-order valence-electron chi connectivity index (χ0n) is 10.6. The molecular weight excluding hydrogens is 212 g/mol. The van der Waals surface area contributed by atoms with Crippen molar-refractivity contribution in [1.29, 1.82) is 5.26 Å². The summed E-state index contributed by atoms with van der Waals surface area (Å²) in [6.07, 6.45) is 1.79. The van der Waals surface area contributed by atoms with Gasteiger partial charge in [0.05, 0.1) is 11.9 Å². The molecule has 1 aromatic rings. The lowest BCUT2D eigenvalue weighted by molar-refractivity contribution is 0.266. The Hall–Kier alpha value is -1.60. The molecule has 0 amide bonds. The summed E-state index contributed by atoms with van der Waals surface area (Å²) in [5, 5.41) is 8.72. The first-order chi connectivity index (χ1) is 8.11. The van der Waals surface area contributed by atoms with Crippen LogP contribution in [0.1, 0.15) is 12.6 Å². The maximum atomic E-state index is 8.72. The van der Waals surface area contributed by atoms with Gasteiger partial charge < -0.3 is 9.80 Å². The average Bonchev–Trinajstić information content (AvgIpc) is 2.71. The summed E-state index contributed by atoms with van der Waals surface area (Å²) >= 11 is 0. The van der Waals surface area contributed by atoms with Crippen LogP contribution in [-0.4, -0.2) is 43.1 Å². The monoisotopic (exact) mass is 230 g/mol. The molecule has 2 unspecified atom stereocenters. The lowest BCUT2D eigenvalue weighted by atomic mass is 10.1. The minimum atomic E-state index is 0.477. The van der Waals surface area contributed by atoms with Gasteiger partial charge in [-0.2, -0.15) is 5.26 Å². The summed E-state index contributed by atoms with van der Waals surface area (Å²) in [4.78, 5) is 8.74. The van der Waals surface area contributed by atoms with Gasteiger partial charge >= 0.3 is 0 Å². The van der Waals surface area contributed by atoms with Gasteiger partial charge in [0.25, 0.3) is 0 Å². The number of aromatic nitrogens is 1. The summed E-state index contributed by atoms with van der Waals surface area (Å²) in [5.41, 5.74) is 1.59. The zero-order valence-corrected chi connectivity index (χ0v) is 10.6. The summed E-state index contributed by atoms with van der Waals surface area (Å²) < 4.78 is 0. The van der Waals surface area contributed by atoms with Crippen LogP contribution in [0.15, 0.2) is 18.3 Å². The molecule has 1 saturated heterocycles. The molecule has 0 aliphatic carbocycles. The maximum Gasteiger partial charge on any atom is 0.140 e. The topological polar surface area (TPSA) is 43.2 Å². The van der Waals surface area contributed by atoms with E-state index in [9.17, 15) is 0 Å². The van der Waals surface area contributed by atoms with Gasteiger partial charge in [-0.05, 0) is 32.1 Å². The van der Waals surface area contributed by atoms with Crippen molar-refractivity contribution in [3.63, 3.8) is 0 Å². The van der Waals surface area contributed by atoms with Gasteiger partial charge in [0.15, 0.2) is 0 Å². The van der Waals surface area contributed by atoms with E-state index in [1.165, 1.54) is 0 Å². The molecule has 0 saturated carbocycles.